The van der Waals surface area contributed by atoms with Crippen LogP contribution in [0.3, 0.4) is 0 Å². The maximum atomic E-state index is 13.3. The largest absolute Gasteiger partial charge is 0.337 e. The standard InChI is InChI=1S/C18H19F2N5OS/c1-10-5-15(27-8-10)17(26)24-4-3-11(2)12(7-24)14-6-13(16(19)20)23-18-21-9-22-25(14)18/h5-6,8-9,11-12,16H,3-4,7H2,1-2H3/t11-,12-/m0/s1. The number of halogens is 2. The molecule has 1 fully saturated rings. The fourth-order valence-corrected chi connectivity index (χ4v) is 4.43. The van der Waals surface area contributed by atoms with Gasteiger partial charge in [-0.2, -0.15) is 10.1 Å². The smallest absolute Gasteiger partial charge is 0.280 e. The topological polar surface area (TPSA) is 63.4 Å². The number of hydrogen-bond donors (Lipinski definition) is 0. The maximum absolute atomic E-state index is 13.3. The Morgan fingerprint density at radius 3 is 2.89 bits per heavy atom. The van der Waals surface area contributed by atoms with Gasteiger partial charge >= 0.3 is 0 Å². The molecule has 0 spiro atoms. The van der Waals surface area contributed by atoms with Crippen LogP contribution >= 0.6 is 11.3 Å². The van der Waals surface area contributed by atoms with Crippen molar-refractivity contribution in [2.75, 3.05) is 13.1 Å². The summed E-state index contributed by atoms with van der Waals surface area (Å²) in [6.45, 7) is 5.14. The summed E-state index contributed by atoms with van der Waals surface area (Å²) < 4.78 is 28.1. The van der Waals surface area contributed by atoms with E-state index in [0.29, 0.717) is 23.7 Å². The van der Waals surface area contributed by atoms with Crippen molar-refractivity contribution < 1.29 is 13.6 Å². The second-order valence-electron chi connectivity index (χ2n) is 6.99. The Labute approximate surface area is 158 Å². The van der Waals surface area contributed by atoms with Crippen molar-refractivity contribution in [3.05, 3.63) is 45.7 Å². The summed E-state index contributed by atoms with van der Waals surface area (Å²) in [6, 6.07) is 3.29. The zero-order valence-electron chi connectivity index (χ0n) is 15.0. The number of carbonyl (C=O) groups is 1. The highest BCUT2D eigenvalue weighted by molar-refractivity contribution is 7.12. The molecule has 0 radical (unpaired) electrons. The molecular weight excluding hydrogens is 372 g/mol. The van der Waals surface area contributed by atoms with Crippen molar-refractivity contribution in [2.24, 2.45) is 5.92 Å². The average Bonchev–Trinajstić information content (AvgIpc) is 3.29. The van der Waals surface area contributed by atoms with E-state index < -0.39 is 6.43 Å². The predicted octanol–water partition coefficient (Wildman–Crippen LogP) is 3.70. The van der Waals surface area contributed by atoms with Crippen molar-refractivity contribution in [2.45, 2.75) is 32.6 Å². The second kappa shape index (κ2) is 6.95. The quantitative estimate of drug-likeness (QED) is 0.683. The minimum atomic E-state index is -2.68. The zero-order chi connectivity index (χ0) is 19.1. The number of amides is 1. The lowest BCUT2D eigenvalue weighted by Crippen LogP contribution is -2.42. The molecule has 0 unspecified atom stereocenters. The Morgan fingerprint density at radius 1 is 1.37 bits per heavy atom. The Balaban J connectivity index is 1.69. The molecule has 1 amide bonds. The number of piperidine rings is 1. The SMILES string of the molecule is Cc1csc(C(=O)N2CC[C@H](C)[C@@H](c3cc(C(F)F)nc4ncnn34)C2)c1. The molecule has 1 aliphatic heterocycles. The molecule has 4 heterocycles. The first kappa shape index (κ1) is 18.0. The molecule has 0 aliphatic carbocycles. The number of hydrogen-bond acceptors (Lipinski definition) is 5. The lowest BCUT2D eigenvalue weighted by Gasteiger charge is -2.37. The first-order valence-corrected chi connectivity index (χ1v) is 9.65. The number of aryl methyl sites for hydroxylation is 1. The van der Waals surface area contributed by atoms with Crippen molar-refractivity contribution in [1.82, 2.24) is 24.5 Å². The highest BCUT2D eigenvalue weighted by Gasteiger charge is 2.33. The number of thiophene rings is 1. The van der Waals surface area contributed by atoms with E-state index in [1.807, 2.05) is 18.4 Å². The maximum Gasteiger partial charge on any atom is 0.280 e. The number of alkyl halides is 2. The lowest BCUT2D eigenvalue weighted by atomic mass is 9.84. The van der Waals surface area contributed by atoms with Gasteiger partial charge < -0.3 is 4.90 Å². The molecule has 1 aliphatic rings. The highest BCUT2D eigenvalue weighted by atomic mass is 32.1. The fourth-order valence-electron chi connectivity index (χ4n) is 3.57. The number of carbonyl (C=O) groups excluding carboxylic acids is 1. The van der Waals surface area contributed by atoms with E-state index in [0.717, 1.165) is 12.0 Å². The fraction of sp³-hybridized carbons (Fsp3) is 0.444. The molecule has 27 heavy (non-hydrogen) atoms. The molecule has 2 atom stereocenters. The predicted molar refractivity (Wildman–Crippen MR) is 97.2 cm³/mol. The van der Waals surface area contributed by atoms with Crippen LogP contribution < -0.4 is 0 Å². The molecule has 3 aromatic rings. The van der Waals surface area contributed by atoms with Gasteiger partial charge in [-0.15, -0.1) is 11.3 Å². The summed E-state index contributed by atoms with van der Waals surface area (Å²) in [4.78, 5) is 23.2. The van der Waals surface area contributed by atoms with E-state index in [1.165, 1.54) is 28.2 Å². The van der Waals surface area contributed by atoms with Crippen LogP contribution in [-0.2, 0) is 0 Å². The summed E-state index contributed by atoms with van der Waals surface area (Å²) in [6.07, 6.45) is -0.578. The van der Waals surface area contributed by atoms with E-state index in [2.05, 4.69) is 22.0 Å². The minimum Gasteiger partial charge on any atom is -0.337 e. The van der Waals surface area contributed by atoms with Gasteiger partial charge in [0.1, 0.15) is 12.0 Å². The summed E-state index contributed by atoms with van der Waals surface area (Å²) in [5.74, 6) is 0.253. The van der Waals surface area contributed by atoms with E-state index >= 15 is 0 Å². The third-order valence-electron chi connectivity index (χ3n) is 5.09. The van der Waals surface area contributed by atoms with Gasteiger partial charge in [0.25, 0.3) is 18.1 Å². The van der Waals surface area contributed by atoms with Crippen LogP contribution in [0.2, 0.25) is 0 Å². The van der Waals surface area contributed by atoms with Gasteiger partial charge in [-0.25, -0.2) is 18.3 Å². The molecular formula is C18H19F2N5OS. The lowest BCUT2D eigenvalue weighted by molar-refractivity contribution is 0.0670. The Kier molecular flexibility index (Phi) is 4.63. The number of fused-ring (bicyclic) bond motifs is 1. The number of rotatable bonds is 3. The van der Waals surface area contributed by atoms with E-state index in [9.17, 15) is 13.6 Å². The van der Waals surface area contributed by atoms with Crippen molar-refractivity contribution in [3.8, 4) is 0 Å². The Bertz CT molecular complexity index is 985. The van der Waals surface area contributed by atoms with E-state index in [-0.39, 0.29) is 29.2 Å². The van der Waals surface area contributed by atoms with Gasteiger partial charge in [-0.3, -0.25) is 4.79 Å². The molecule has 0 bridgehead atoms. The second-order valence-corrected chi connectivity index (χ2v) is 7.90. The van der Waals surface area contributed by atoms with Gasteiger partial charge in [-0.05, 0) is 42.3 Å². The summed E-state index contributed by atoms with van der Waals surface area (Å²) in [5.41, 5.74) is 1.38. The third-order valence-corrected chi connectivity index (χ3v) is 6.13. The van der Waals surface area contributed by atoms with Crippen LogP contribution in [0.5, 0.6) is 0 Å². The van der Waals surface area contributed by atoms with Crippen molar-refractivity contribution in [1.29, 1.82) is 0 Å². The molecule has 142 valence electrons. The monoisotopic (exact) mass is 391 g/mol. The van der Waals surface area contributed by atoms with Crippen molar-refractivity contribution >= 4 is 23.0 Å². The molecule has 0 saturated carbocycles. The van der Waals surface area contributed by atoms with Gasteiger partial charge in [0.05, 0.1) is 10.6 Å². The highest BCUT2D eigenvalue weighted by Crippen LogP contribution is 2.34. The molecule has 6 nitrogen and oxygen atoms in total. The summed E-state index contributed by atoms with van der Waals surface area (Å²) in [7, 11) is 0. The van der Waals surface area contributed by atoms with Crippen LogP contribution in [0.4, 0.5) is 8.78 Å². The number of aromatic nitrogens is 4. The summed E-state index contributed by atoms with van der Waals surface area (Å²) in [5, 5.41) is 6.11. The molecule has 4 rings (SSSR count). The third kappa shape index (κ3) is 3.31. The molecule has 1 saturated heterocycles. The Morgan fingerprint density at radius 2 is 2.19 bits per heavy atom. The van der Waals surface area contributed by atoms with E-state index in [1.54, 1.807) is 4.90 Å². The average molecular weight is 391 g/mol. The van der Waals surface area contributed by atoms with Gasteiger partial charge in [0.15, 0.2) is 0 Å². The van der Waals surface area contributed by atoms with Crippen LogP contribution in [-0.4, -0.2) is 43.5 Å². The van der Waals surface area contributed by atoms with Crippen LogP contribution in [0.1, 0.15) is 52.3 Å². The summed E-state index contributed by atoms with van der Waals surface area (Å²) >= 11 is 1.43. The number of likely N-dealkylation sites (tertiary alicyclic amines) is 1. The van der Waals surface area contributed by atoms with Gasteiger partial charge in [0.2, 0.25) is 0 Å². The van der Waals surface area contributed by atoms with Gasteiger partial charge in [0, 0.05) is 19.0 Å². The van der Waals surface area contributed by atoms with Gasteiger partial charge in [-0.1, -0.05) is 6.92 Å². The first-order valence-electron chi connectivity index (χ1n) is 8.77. The molecule has 3 aromatic heterocycles. The van der Waals surface area contributed by atoms with Crippen LogP contribution in [0.25, 0.3) is 5.78 Å². The minimum absolute atomic E-state index is 0.0111. The van der Waals surface area contributed by atoms with Crippen molar-refractivity contribution in [3.63, 3.8) is 0 Å². The first-order chi connectivity index (χ1) is 12.9. The Hall–Kier alpha value is -2.42. The van der Waals surface area contributed by atoms with Crippen LogP contribution in [0, 0.1) is 12.8 Å². The number of nitrogens with zero attached hydrogens (tertiary/aromatic N) is 5. The van der Waals surface area contributed by atoms with Crippen LogP contribution in [0.15, 0.2) is 23.8 Å². The molecule has 0 aromatic carbocycles. The normalized spacial score (nSPS) is 20.6. The van der Waals surface area contributed by atoms with E-state index in [4.69, 9.17) is 0 Å². The molecule has 0 N–H and O–H groups in total. The molecule has 9 heteroatoms. The zero-order valence-corrected chi connectivity index (χ0v) is 15.8.